The number of fused-ring (bicyclic) bond motifs is 3. The Bertz CT molecular complexity index is 2930. The highest BCUT2D eigenvalue weighted by Crippen LogP contribution is 2.65. The molecule has 2 heterocycles. The van der Waals surface area contributed by atoms with E-state index in [1.54, 1.807) is 119 Å². The van der Waals surface area contributed by atoms with Crippen LogP contribution >= 0.6 is 0 Å². The first-order chi connectivity index (χ1) is 39.2. The predicted octanol–water partition coefficient (Wildman–Crippen LogP) is 11.3. The van der Waals surface area contributed by atoms with E-state index in [0.29, 0.717) is 40.6 Å². The summed E-state index contributed by atoms with van der Waals surface area (Å²) in [7, 11) is -5.86. The smallest absolute Gasteiger partial charge is 0.338 e. The van der Waals surface area contributed by atoms with Crippen molar-refractivity contribution in [2.75, 3.05) is 13.2 Å². The number of esters is 4. The van der Waals surface area contributed by atoms with Crippen LogP contribution in [-0.2, 0) is 51.7 Å². The molecule has 2 N–H and O–H groups in total. The molecule has 83 heavy (non-hydrogen) atoms. The number of nitrogens with one attached hydrogen (secondary N) is 1. The molecule has 3 fully saturated rings. The van der Waals surface area contributed by atoms with Gasteiger partial charge in [0.1, 0.15) is 29.7 Å². The third-order valence-electron chi connectivity index (χ3n) is 19.6. The summed E-state index contributed by atoms with van der Waals surface area (Å²) in [4.78, 5) is 91.7. The molecule has 5 aliphatic rings. The monoisotopic (exact) mass is 1180 g/mol. The Balaban J connectivity index is 1.45. The number of Topliss-reactive ketones (excluding diaryl/α,β-unsaturated/α-hetero) is 1. The van der Waals surface area contributed by atoms with Crippen molar-refractivity contribution in [2.45, 2.75) is 205 Å². The molecule has 11 atom stereocenters. The topological polar surface area (TPSA) is 209 Å². The van der Waals surface area contributed by atoms with Gasteiger partial charge in [0.25, 0.3) is 5.91 Å². The maximum absolute atomic E-state index is 16.9. The van der Waals surface area contributed by atoms with E-state index in [0.717, 1.165) is 0 Å². The van der Waals surface area contributed by atoms with Crippen molar-refractivity contribution >= 4 is 52.2 Å². The molecule has 3 aliphatic carbocycles. The largest absolute Gasteiger partial charge is 0.493 e. The summed E-state index contributed by atoms with van der Waals surface area (Å²) < 4.78 is 55.0. The van der Waals surface area contributed by atoms with Crippen LogP contribution in [0.15, 0.2) is 108 Å². The molecule has 8 rings (SSSR count). The Morgan fingerprint density at radius 2 is 1.39 bits per heavy atom. The van der Waals surface area contributed by atoms with Crippen LogP contribution in [0.1, 0.15) is 149 Å². The maximum atomic E-state index is 16.9. The molecule has 16 nitrogen and oxygen atoms in total. The van der Waals surface area contributed by atoms with Gasteiger partial charge in [0.15, 0.2) is 31.9 Å². The predicted molar refractivity (Wildman–Crippen MR) is 317 cm³/mol. The van der Waals surface area contributed by atoms with Crippen LogP contribution in [0.3, 0.4) is 0 Å². The second-order valence-electron chi connectivity index (χ2n) is 25.1. The molecule has 0 radical (unpaired) electrons. The van der Waals surface area contributed by atoms with Gasteiger partial charge in [0, 0.05) is 42.4 Å². The summed E-state index contributed by atoms with van der Waals surface area (Å²) in [6.07, 6.45) is -5.86. The maximum Gasteiger partial charge on any atom is 0.338 e. The van der Waals surface area contributed by atoms with E-state index < -0.39 is 129 Å². The zero-order valence-corrected chi connectivity index (χ0v) is 52.9. The molecular weight excluding hydrogens is 1090 g/mol. The second kappa shape index (κ2) is 24.7. The van der Waals surface area contributed by atoms with Gasteiger partial charge >= 0.3 is 23.9 Å². The van der Waals surface area contributed by atoms with Crippen LogP contribution in [-0.4, -0.2) is 118 Å². The van der Waals surface area contributed by atoms with Crippen LogP contribution in [0.4, 0.5) is 0 Å². The van der Waals surface area contributed by atoms with Gasteiger partial charge in [-0.1, -0.05) is 137 Å². The standard InChI is InChI=1S/C65H87NO15Si2/c1-15-82(16-2,17-3)80-49-36-50-64(38-75-50)56-58(78-60(71)45-30-22-19-23-31-45)65(73)37-48(42(10)52(62(65,12)13)54(76-43(11)67)57(69)63(49,56)14)77-61(72)55(81-83(39(4)5,40(6)7)41(8)9)53(66-59(70)44-28-20-18-21-29-44)46-32-24-25-33-47(46)74-35-27-26-34-51(68)79-64/h18-26,28-34,39-41,48-50,53-56,58,73H,15-17,27,35-38H2,1-14H3,(H,66,70)/b34-26-/t48-,49-,50+,53-,54+,55+,56-,58-,63+,64-,65+/m0/s1. The number of amides is 1. The Hall–Kier alpha value is -5.77. The summed E-state index contributed by atoms with van der Waals surface area (Å²) in [6, 6.07) is 24.7. The van der Waals surface area contributed by atoms with E-state index in [4.69, 9.17) is 37.3 Å². The molecule has 450 valence electrons. The fourth-order valence-corrected chi connectivity index (χ4v) is 23.4. The lowest BCUT2D eigenvalue weighted by Gasteiger charge is -2.68. The minimum Gasteiger partial charge on any atom is -0.493 e. The quantitative estimate of drug-likeness (QED) is 0.0628. The lowest BCUT2D eigenvalue weighted by molar-refractivity contribution is -0.344. The molecule has 0 aromatic heterocycles. The van der Waals surface area contributed by atoms with Crippen molar-refractivity contribution in [3.63, 3.8) is 0 Å². The van der Waals surface area contributed by atoms with Crippen LogP contribution in [0, 0.1) is 16.7 Å². The molecular formula is C65H87NO15Si2. The fraction of sp³-hybridized carbons (Fsp3) is 0.569. The molecule has 2 aliphatic heterocycles. The highest BCUT2D eigenvalue weighted by molar-refractivity contribution is 6.77. The number of para-hydroxylation sites is 1. The van der Waals surface area contributed by atoms with E-state index >= 15 is 14.4 Å². The molecule has 4 bridgehead atoms. The van der Waals surface area contributed by atoms with Gasteiger partial charge in [0.2, 0.25) is 8.32 Å². The van der Waals surface area contributed by atoms with E-state index in [2.05, 4.69) is 67.6 Å². The Morgan fingerprint density at radius 1 is 0.795 bits per heavy atom. The first-order valence-corrected chi connectivity index (χ1v) is 34.5. The van der Waals surface area contributed by atoms with E-state index in [9.17, 15) is 19.5 Å². The van der Waals surface area contributed by atoms with Gasteiger partial charge in [-0.05, 0) is 96.5 Å². The van der Waals surface area contributed by atoms with Gasteiger partial charge in [-0.3, -0.25) is 14.4 Å². The molecule has 3 aromatic rings. The summed E-state index contributed by atoms with van der Waals surface area (Å²) >= 11 is 0. The number of ether oxygens (including phenoxy) is 6. The van der Waals surface area contributed by atoms with Crippen LogP contribution < -0.4 is 10.1 Å². The van der Waals surface area contributed by atoms with Gasteiger partial charge in [-0.25, -0.2) is 14.4 Å². The third kappa shape index (κ3) is 11.3. The van der Waals surface area contributed by atoms with Crippen molar-refractivity contribution in [1.29, 1.82) is 0 Å². The summed E-state index contributed by atoms with van der Waals surface area (Å²) in [5.74, 6) is -5.68. The lowest BCUT2D eigenvalue weighted by Crippen LogP contribution is -2.82. The van der Waals surface area contributed by atoms with Crippen molar-refractivity contribution in [1.82, 2.24) is 5.32 Å². The SMILES string of the molecule is CC[Si](CC)(CC)O[C@H]1C[C@H]2OC[C@]23OC(=O)/C=C\CCOc2ccccc2[C@H](NC(=O)c2ccccc2)[C@@H](O[Si](C(C)C)(C(C)C)C(C)C)C(=O)O[C@H]2C[C@@]4(O)[C@@H](OC(=O)c5ccccc5)[C@H]3[C@]1(C)C(=O)[C@H](OC(C)=O)C(=C2C)C4(C)C. The average molecular weight is 1180 g/mol. The normalized spacial score (nSPS) is 30.5. The third-order valence-corrected chi connectivity index (χ3v) is 30.4. The first-order valence-electron chi connectivity index (χ1n) is 29.8. The number of hydrogen-bond donors (Lipinski definition) is 2. The Morgan fingerprint density at radius 3 is 1.95 bits per heavy atom. The molecule has 1 saturated heterocycles. The van der Waals surface area contributed by atoms with Crippen molar-refractivity contribution in [3.05, 3.63) is 125 Å². The lowest BCUT2D eigenvalue weighted by atomic mass is 9.44. The van der Waals surface area contributed by atoms with Gasteiger partial charge in [0.05, 0.1) is 42.3 Å². The van der Waals surface area contributed by atoms with Crippen LogP contribution in [0.25, 0.3) is 0 Å². The zero-order chi connectivity index (χ0) is 60.6. The first kappa shape index (κ1) is 63.3. The van der Waals surface area contributed by atoms with Crippen molar-refractivity contribution in [3.8, 4) is 5.75 Å². The van der Waals surface area contributed by atoms with Crippen LogP contribution in [0.5, 0.6) is 5.75 Å². The fourth-order valence-electron chi connectivity index (χ4n) is 14.9. The summed E-state index contributed by atoms with van der Waals surface area (Å²) in [6.45, 7) is 26.4. The number of carbonyl (C=O) groups excluding carboxylic acids is 6. The van der Waals surface area contributed by atoms with E-state index in [-0.39, 0.29) is 53.8 Å². The number of aliphatic hydroxyl groups is 1. The number of carbonyl (C=O) groups is 6. The Labute approximate surface area is 492 Å². The average Bonchev–Trinajstić information content (AvgIpc) is 0.716. The van der Waals surface area contributed by atoms with Crippen molar-refractivity contribution in [2.24, 2.45) is 16.7 Å². The highest BCUT2D eigenvalue weighted by atomic mass is 28.4. The number of rotatable bonds is 15. The second-order valence-corrected chi connectivity index (χ2v) is 35.2. The molecule has 1 amide bonds. The summed E-state index contributed by atoms with van der Waals surface area (Å²) in [5, 5.41) is 17.9. The van der Waals surface area contributed by atoms with Gasteiger partial charge < -0.3 is 47.7 Å². The zero-order valence-electron chi connectivity index (χ0n) is 50.9. The highest BCUT2D eigenvalue weighted by Gasteiger charge is 2.79. The molecule has 2 saturated carbocycles. The van der Waals surface area contributed by atoms with E-state index in [1.807, 2.05) is 0 Å². The van der Waals surface area contributed by atoms with Gasteiger partial charge in [-0.15, -0.1) is 0 Å². The molecule has 18 heteroatoms. The minimum atomic E-state index is -3.16. The van der Waals surface area contributed by atoms with E-state index in [1.165, 1.54) is 13.0 Å². The molecule has 3 aromatic carbocycles. The van der Waals surface area contributed by atoms with Gasteiger partial charge in [-0.2, -0.15) is 0 Å². The van der Waals surface area contributed by atoms with Crippen molar-refractivity contribution < 1.29 is 71.1 Å². The number of benzene rings is 3. The molecule has 0 unspecified atom stereocenters. The Kier molecular flexibility index (Phi) is 18.8. The molecule has 1 spiro atoms. The minimum absolute atomic E-state index is 0.0355. The number of hydrogen-bond acceptors (Lipinski definition) is 15. The number of ketones is 1. The summed E-state index contributed by atoms with van der Waals surface area (Å²) in [5.41, 5.74) is -6.67. The van der Waals surface area contributed by atoms with Crippen LogP contribution in [0.2, 0.25) is 34.8 Å².